The fraction of sp³-hybridized carbons (Fsp3) is 0.429. The molecular formula is C14H19N3O2S2. The van der Waals surface area contributed by atoms with Gasteiger partial charge in [0.25, 0.3) is 0 Å². The Morgan fingerprint density at radius 3 is 2.71 bits per heavy atom. The van der Waals surface area contributed by atoms with Gasteiger partial charge in [0.05, 0.1) is 14.2 Å². The van der Waals surface area contributed by atoms with Gasteiger partial charge in [0.15, 0.2) is 15.8 Å². The van der Waals surface area contributed by atoms with E-state index in [1.807, 2.05) is 12.1 Å². The third-order valence-corrected chi connectivity index (χ3v) is 4.87. The molecule has 1 aromatic heterocycles. The summed E-state index contributed by atoms with van der Waals surface area (Å²) in [5.41, 5.74) is 1.17. The standard InChI is InChI=1S/C14H19N3O2S2/c1-4-15-11(8-20-14-16-9-17-21-14)10-5-6-12(18-2)13(7-10)19-3/h5-7,9,11,15H,4,8H2,1-3H3. The first kappa shape index (κ1) is 16.1. The van der Waals surface area contributed by atoms with Crippen LogP contribution in [-0.4, -0.2) is 35.9 Å². The highest BCUT2D eigenvalue weighted by Crippen LogP contribution is 2.32. The second kappa shape index (κ2) is 8.21. The zero-order valence-electron chi connectivity index (χ0n) is 12.3. The molecule has 114 valence electrons. The molecule has 0 amide bonds. The monoisotopic (exact) mass is 325 g/mol. The van der Waals surface area contributed by atoms with Crippen molar-refractivity contribution in [2.75, 3.05) is 26.5 Å². The third kappa shape index (κ3) is 4.33. The van der Waals surface area contributed by atoms with Crippen molar-refractivity contribution in [2.24, 2.45) is 0 Å². The Bertz CT molecular complexity index is 549. The Balaban J connectivity index is 2.13. The number of methoxy groups -OCH3 is 2. The summed E-state index contributed by atoms with van der Waals surface area (Å²) in [7, 11) is 3.30. The van der Waals surface area contributed by atoms with Gasteiger partial charge in [-0.15, -0.1) is 0 Å². The molecule has 2 rings (SSSR count). The van der Waals surface area contributed by atoms with E-state index in [1.165, 1.54) is 17.1 Å². The van der Waals surface area contributed by atoms with Crippen LogP contribution in [0.15, 0.2) is 28.9 Å². The zero-order chi connectivity index (χ0) is 15.1. The molecule has 0 aliphatic rings. The Labute approximate surface area is 133 Å². The lowest BCUT2D eigenvalue weighted by molar-refractivity contribution is 0.354. The highest BCUT2D eigenvalue weighted by molar-refractivity contribution is 8.00. The van der Waals surface area contributed by atoms with Gasteiger partial charge in [-0.25, -0.2) is 4.98 Å². The molecule has 0 fully saturated rings. The fourth-order valence-corrected chi connectivity index (χ4v) is 3.53. The van der Waals surface area contributed by atoms with Crippen LogP contribution in [0.1, 0.15) is 18.5 Å². The van der Waals surface area contributed by atoms with Crippen LogP contribution in [0.5, 0.6) is 11.5 Å². The first-order chi connectivity index (χ1) is 10.3. The molecule has 21 heavy (non-hydrogen) atoms. The highest BCUT2D eigenvalue weighted by Gasteiger charge is 2.14. The van der Waals surface area contributed by atoms with Crippen molar-refractivity contribution in [2.45, 2.75) is 17.3 Å². The van der Waals surface area contributed by atoms with Crippen LogP contribution in [0.4, 0.5) is 0 Å². The number of hydrogen-bond donors (Lipinski definition) is 1. The van der Waals surface area contributed by atoms with Crippen LogP contribution in [0.25, 0.3) is 0 Å². The van der Waals surface area contributed by atoms with E-state index in [1.54, 1.807) is 32.3 Å². The lowest BCUT2D eigenvalue weighted by atomic mass is 10.1. The molecule has 1 heterocycles. The normalized spacial score (nSPS) is 12.1. The molecular weight excluding hydrogens is 306 g/mol. The van der Waals surface area contributed by atoms with Gasteiger partial charge in [-0.1, -0.05) is 24.8 Å². The van der Waals surface area contributed by atoms with Gasteiger partial charge in [0, 0.05) is 11.8 Å². The Hall–Kier alpha value is -1.31. The van der Waals surface area contributed by atoms with E-state index in [-0.39, 0.29) is 6.04 Å². The minimum Gasteiger partial charge on any atom is -0.493 e. The summed E-state index contributed by atoms with van der Waals surface area (Å²) in [6.07, 6.45) is 1.59. The second-order valence-corrected chi connectivity index (χ2v) is 6.29. The van der Waals surface area contributed by atoms with E-state index in [0.29, 0.717) is 0 Å². The summed E-state index contributed by atoms with van der Waals surface area (Å²) in [4.78, 5) is 4.20. The van der Waals surface area contributed by atoms with Crippen molar-refractivity contribution in [3.8, 4) is 11.5 Å². The minimum atomic E-state index is 0.226. The van der Waals surface area contributed by atoms with E-state index in [9.17, 15) is 0 Å². The smallest absolute Gasteiger partial charge is 0.169 e. The largest absolute Gasteiger partial charge is 0.493 e. The summed E-state index contributed by atoms with van der Waals surface area (Å²) in [5, 5.41) is 3.49. The summed E-state index contributed by atoms with van der Waals surface area (Å²) in [5.74, 6) is 2.38. The highest BCUT2D eigenvalue weighted by atomic mass is 32.2. The minimum absolute atomic E-state index is 0.226. The molecule has 2 aromatic rings. The van der Waals surface area contributed by atoms with Gasteiger partial charge >= 0.3 is 0 Å². The predicted octanol–water partition coefficient (Wildman–Crippen LogP) is 3.00. The summed E-state index contributed by atoms with van der Waals surface area (Å²) in [6, 6.07) is 6.25. The Morgan fingerprint density at radius 2 is 2.10 bits per heavy atom. The van der Waals surface area contributed by atoms with Gasteiger partial charge in [-0.2, -0.15) is 4.37 Å². The maximum Gasteiger partial charge on any atom is 0.169 e. The zero-order valence-corrected chi connectivity index (χ0v) is 14.0. The van der Waals surface area contributed by atoms with Gasteiger partial charge in [0.2, 0.25) is 0 Å². The number of aromatic nitrogens is 2. The number of hydrogen-bond acceptors (Lipinski definition) is 7. The van der Waals surface area contributed by atoms with Crippen LogP contribution in [0, 0.1) is 0 Å². The molecule has 0 radical (unpaired) electrons. The van der Waals surface area contributed by atoms with Crippen molar-refractivity contribution in [3.63, 3.8) is 0 Å². The van der Waals surface area contributed by atoms with Crippen LogP contribution < -0.4 is 14.8 Å². The maximum absolute atomic E-state index is 5.38. The van der Waals surface area contributed by atoms with Gasteiger partial charge in [-0.3, -0.25) is 0 Å². The van der Waals surface area contributed by atoms with Crippen molar-refractivity contribution in [1.29, 1.82) is 0 Å². The van der Waals surface area contributed by atoms with E-state index >= 15 is 0 Å². The van der Waals surface area contributed by atoms with Crippen LogP contribution in [0.2, 0.25) is 0 Å². The Morgan fingerprint density at radius 1 is 1.29 bits per heavy atom. The number of nitrogens with zero attached hydrogens (tertiary/aromatic N) is 2. The molecule has 0 spiro atoms. The number of ether oxygens (including phenoxy) is 2. The average molecular weight is 325 g/mol. The quantitative estimate of drug-likeness (QED) is 0.753. The number of thioether (sulfide) groups is 1. The first-order valence-electron chi connectivity index (χ1n) is 6.63. The topological polar surface area (TPSA) is 56.3 Å². The summed E-state index contributed by atoms with van der Waals surface area (Å²) >= 11 is 3.13. The molecule has 1 aromatic carbocycles. The molecule has 0 saturated carbocycles. The van der Waals surface area contributed by atoms with E-state index in [0.717, 1.165) is 28.1 Å². The molecule has 5 nitrogen and oxygen atoms in total. The number of benzene rings is 1. The van der Waals surface area contributed by atoms with E-state index in [2.05, 4.69) is 27.7 Å². The SMILES string of the molecule is CCNC(CSc1ncns1)c1ccc(OC)c(OC)c1. The molecule has 7 heteroatoms. The molecule has 1 unspecified atom stereocenters. The predicted molar refractivity (Wildman–Crippen MR) is 86.6 cm³/mol. The van der Waals surface area contributed by atoms with Crippen LogP contribution >= 0.6 is 23.3 Å². The summed E-state index contributed by atoms with van der Waals surface area (Å²) in [6.45, 7) is 3.00. The molecule has 0 aliphatic heterocycles. The van der Waals surface area contributed by atoms with Gasteiger partial charge in [0.1, 0.15) is 6.33 Å². The lowest BCUT2D eigenvalue weighted by Crippen LogP contribution is -2.23. The van der Waals surface area contributed by atoms with Crippen LogP contribution in [-0.2, 0) is 0 Å². The molecule has 0 aliphatic carbocycles. The summed E-state index contributed by atoms with van der Waals surface area (Å²) < 4.78 is 15.7. The van der Waals surface area contributed by atoms with E-state index < -0.39 is 0 Å². The van der Waals surface area contributed by atoms with Crippen molar-refractivity contribution in [3.05, 3.63) is 30.1 Å². The molecule has 0 saturated heterocycles. The molecule has 1 N–H and O–H groups in total. The van der Waals surface area contributed by atoms with Crippen LogP contribution in [0.3, 0.4) is 0 Å². The van der Waals surface area contributed by atoms with E-state index in [4.69, 9.17) is 9.47 Å². The molecule has 0 bridgehead atoms. The number of rotatable bonds is 8. The molecule has 1 atom stereocenters. The first-order valence-corrected chi connectivity index (χ1v) is 8.39. The third-order valence-electron chi connectivity index (χ3n) is 2.98. The van der Waals surface area contributed by atoms with Crippen molar-refractivity contribution < 1.29 is 9.47 Å². The number of nitrogens with one attached hydrogen (secondary N) is 1. The average Bonchev–Trinajstić information content (AvgIpc) is 3.04. The van der Waals surface area contributed by atoms with Gasteiger partial charge < -0.3 is 14.8 Å². The fourth-order valence-electron chi connectivity index (χ4n) is 1.97. The van der Waals surface area contributed by atoms with Crippen molar-refractivity contribution >= 4 is 23.3 Å². The maximum atomic E-state index is 5.38. The van der Waals surface area contributed by atoms with Crippen molar-refractivity contribution in [1.82, 2.24) is 14.7 Å². The Kier molecular flexibility index (Phi) is 6.28. The lowest BCUT2D eigenvalue weighted by Gasteiger charge is -2.19. The van der Waals surface area contributed by atoms with Gasteiger partial charge in [-0.05, 0) is 35.8 Å². The second-order valence-electron chi connectivity index (χ2n) is 4.24.